The highest BCUT2D eigenvalue weighted by Crippen LogP contribution is 2.26. The third-order valence-corrected chi connectivity index (χ3v) is 1.76. The molecule has 0 atom stereocenters. The zero-order chi connectivity index (χ0) is 9.14. The first-order valence-electron chi connectivity index (χ1n) is 2.92. The summed E-state index contributed by atoms with van der Waals surface area (Å²) in [6, 6.07) is 3.83. The number of phenols is 1. The van der Waals surface area contributed by atoms with Crippen molar-refractivity contribution in [2.75, 3.05) is 5.73 Å². The maximum Gasteiger partial charge on any atom is 0.501 e. The molecule has 0 unspecified atom stereocenters. The van der Waals surface area contributed by atoms with Crippen molar-refractivity contribution in [2.24, 2.45) is 0 Å². The quantitative estimate of drug-likeness (QED) is 0.477. The van der Waals surface area contributed by atoms with Gasteiger partial charge in [0.2, 0.25) is 0 Å². The Morgan fingerprint density at radius 1 is 1.42 bits per heavy atom. The van der Waals surface area contributed by atoms with Gasteiger partial charge in [-0.2, -0.15) is 0 Å². The van der Waals surface area contributed by atoms with Crippen LogP contribution >= 0.6 is 0 Å². The number of hydrogen-bond donors (Lipinski definition) is 2. The van der Waals surface area contributed by atoms with E-state index in [9.17, 15) is 8.40 Å². The minimum Gasteiger partial charge on any atom is -0.508 e. The van der Waals surface area contributed by atoms with Gasteiger partial charge in [-0.05, 0) is 12.1 Å². The van der Waals surface area contributed by atoms with Gasteiger partial charge in [0.05, 0.1) is 5.69 Å². The lowest BCUT2D eigenvalue weighted by Crippen LogP contribution is -2.37. The Balaban J connectivity index is 2.90. The third-order valence-electron chi connectivity index (χ3n) is 1.14. The summed E-state index contributed by atoms with van der Waals surface area (Å²) in [5.41, 5.74) is 5.51. The van der Waals surface area contributed by atoms with E-state index < -0.39 is 14.8 Å². The topological polar surface area (TPSA) is 102 Å². The van der Waals surface area contributed by atoms with Gasteiger partial charge in [0.1, 0.15) is 5.75 Å². The molecule has 0 fully saturated rings. The number of hydrogen-bond acceptors (Lipinski definition) is 5. The summed E-state index contributed by atoms with van der Waals surface area (Å²) < 4.78 is 24.6. The molecule has 66 valence electrons. The maximum atomic E-state index is 10.1. The number of benzene rings is 1. The summed E-state index contributed by atoms with van der Waals surface area (Å²) in [6.45, 7) is 0. The van der Waals surface area contributed by atoms with Gasteiger partial charge in [0, 0.05) is 6.07 Å². The van der Waals surface area contributed by atoms with Crippen LogP contribution in [0.4, 0.5) is 5.69 Å². The Labute approximate surface area is 73.8 Å². The van der Waals surface area contributed by atoms with Gasteiger partial charge in [-0.15, -0.1) is 3.83 Å². The lowest BCUT2D eigenvalue weighted by atomic mass is 10.3. The van der Waals surface area contributed by atoms with E-state index in [4.69, 9.17) is 10.8 Å². The second-order valence-electron chi connectivity index (χ2n) is 1.99. The van der Waals surface area contributed by atoms with Crippen LogP contribution < -0.4 is 18.0 Å². The highest BCUT2D eigenvalue weighted by Gasteiger charge is 2.16. The summed E-state index contributed by atoms with van der Waals surface area (Å²) >= 11 is -3.34. The van der Waals surface area contributed by atoms with Gasteiger partial charge in [-0.1, -0.05) is 0 Å². The van der Waals surface area contributed by atoms with Crippen LogP contribution in [0.15, 0.2) is 18.2 Å². The van der Waals surface area contributed by atoms with Crippen molar-refractivity contribution < 1.29 is 32.1 Å². The summed E-state index contributed by atoms with van der Waals surface area (Å²) in [4.78, 5) is 0. The third kappa shape index (κ3) is 2.26. The molecule has 0 bridgehead atoms. The van der Waals surface area contributed by atoms with E-state index in [1.54, 1.807) is 0 Å². The van der Waals surface area contributed by atoms with E-state index in [0.29, 0.717) is 0 Å². The molecule has 3 N–H and O–H groups in total. The normalized spacial score (nSPS) is 10.2. The maximum absolute atomic E-state index is 10.1. The van der Waals surface area contributed by atoms with Gasteiger partial charge in [0.15, 0.2) is 0 Å². The van der Waals surface area contributed by atoms with Crippen molar-refractivity contribution in [3.8, 4) is 11.5 Å². The number of aromatic hydroxyl groups is 1. The summed E-state index contributed by atoms with van der Waals surface area (Å²) in [5.74, 6) is -0.141. The number of phenolic OH excluding ortho intramolecular Hbond substituents is 1. The van der Waals surface area contributed by atoms with Crippen LogP contribution in [-0.4, -0.2) is 5.11 Å². The molecule has 0 spiro atoms. The molecule has 0 saturated carbocycles. The minimum atomic E-state index is -3.34. The van der Waals surface area contributed by atoms with Crippen LogP contribution in [0.5, 0.6) is 11.5 Å². The van der Waals surface area contributed by atoms with Gasteiger partial charge >= 0.3 is 14.8 Å². The number of halogens is 1. The predicted molar refractivity (Wildman–Crippen MR) is 33.1 cm³/mol. The van der Waals surface area contributed by atoms with E-state index >= 15 is 0 Å². The molecule has 0 amide bonds. The monoisotopic (exact) mass is 235 g/mol. The highest BCUT2D eigenvalue weighted by molar-refractivity contribution is 5.54. The van der Waals surface area contributed by atoms with E-state index in [1.165, 1.54) is 12.1 Å². The van der Waals surface area contributed by atoms with Gasteiger partial charge in [-0.3, -0.25) is 0 Å². The van der Waals surface area contributed by atoms with Crippen LogP contribution in [0.25, 0.3) is 0 Å². The van der Waals surface area contributed by atoms with Crippen molar-refractivity contribution in [1.82, 2.24) is 0 Å². The predicted octanol–water partition coefficient (Wildman–Crippen LogP) is -1.56. The van der Waals surface area contributed by atoms with Crippen molar-refractivity contribution >= 4 is 5.69 Å². The molecule has 0 aliphatic carbocycles. The Morgan fingerprint density at radius 2 is 2.08 bits per heavy atom. The van der Waals surface area contributed by atoms with Gasteiger partial charge in [-0.25, -0.2) is 0 Å². The molecule has 5 nitrogen and oxygen atoms in total. The van der Waals surface area contributed by atoms with Crippen molar-refractivity contribution in [3.05, 3.63) is 18.2 Å². The van der Waals surface area contributed by atoms with Crippen LogP contribution in [0.1, 0.15) is 0 Å². The summed E-state index contributed by atoms with van der Waals surface area (Å²) in [6.07, 6.45) is 0. The Morgan fingerprint density at radius 3 is 2.67 bits per heavy atom. The standard InChI is InChI=1S/C6H6BrNO4/c8-5-2-1-4(9)3-6(5)12-7(10)11/h1-3,9H,8H2. The average molecular weight is 236 g/mol. The molecule has 0 radical (unpaired) electrons. The Hall–Kier alpha value is -0.980. The molecule has 6 heteroatoms. The lowest BCUT2D eigenvalue weighted by molar-refractivity contribution is -1.62. The fraction of sp³-hybridized carbons (Fsp3) is 0. The number of anilines is 1. The first kappa shape index (κ1) is 9.11. The number of nitrogens with two attached hydrogens (primary N) is 1. The lowest BCUT2D eigenvalue weighted by Gasteiger charge is -1.99. The Bertz CT molecular complexity index is 278. The molecule has 1 aromatic carbocycles. The fourth-order valence-electron chi connectivity index (χ4n) is 0.658. The second-order valence-corrected chi connectivity index (χ2v) is 3.11. The smallest absolute Gasteiger partial charge is 0.501 e. The highest BCUT2D eigenvalue weighted by atomic mass is 80.0. The second kappa shape index (κ2) is 3.61. The molecular formula is C6H6BrNO4. The van der Waals surface area contributed by atoms with E-state index in [2.05, 4.69) is 3.83 Å². The van der Waals surface area contributed by atoms with Crippen molar-refractivity contribution in [2.45, 2.75) is 0 Å². The van der Waals surface area contributed by atoms with Crippen LogP contribution in [0, 0.1) is 14.8 Å². The molecule has 12 heavy (non-hydrogen) atoms. The van der Waals surface area contributed by atoms with E-state index in [-0.39, 0.29) is 17.2 Å². The fourth-order valence-corrected chi connectivity index (χ4v) is 1.22. The minimum absolute atomic E-state index is 0.0463. The van der Waals surface area contributed by atoms with Crippen LogP contribution in [0.2, 0.25) is 0 Å². The van der Waals surface area contributed by atoms with E-state index in [1.807, 2.05) is 0 Å². The van der Waals surface area contributed by atoms with E-state index in [0.717, 1.165) is 6.07 Å². The molecular weight excluding hydrogens is 230 g/mol. The number of rotatable bonds is 2. The molecule has 1 aromatic rings. The summed E-state index contributed by atoms with van der Waals surface area (Å²) in [5, 5.41) is 8.92. The molecule has 0 aromatic heterocycles. The molecule has 0 aliphatic heterocycles. The van der Waals surface area contributed by atoms with Gasteiger partial charge < -0.3 is 19.2 Å². The largest absolute Gasteiger partial charge is 0.508 e. The van der Waals surface area contributed by atoms with Crippen LogP contribution in [-0.2, 0) is 0 Å². The molecule has 0 heterocycles. The molecule has 1 rings (SSSR count). The average Bonchev–Trinajstić information content (AvgIpc) is 1.96. The summed E-state index contributed by atoms with van der Waals surface area (Å²) in [7, 11) is 0. The van der Waals surface area contributed by atoms with Crippen molar-refractivity contribution in [1.29, 1.82) is 0 Å². The van der Waals surface area contributed by atoms with Crippen LogP contribution in [0.3, 0.4) is 0 Å². The molecule has 0 saturated heterocycles. The zero-order valence-corrected chi connectivity index (χ0v) is 7.45. The zero-order valence-electron chi connectivity index (χ0n) is 5.86. The molecule has 0 aliphatic rings. The SMILES string of the molecule is Nc1ccc(O)cc1O[Br+2]([O-])[O-]. The van der Waals surface area contributed by atoms with Gasteiger partial charge in [0.25, 0.3) is 5.75 Å². The first-order chi connectivity index (χ1) is 5.59. The Kier molecular flexibility index (Phi) is 2.74. The number of nitrogen functional groups attached to an aromatic ring is 1. The first-order valence-corrected chi connectivity index (χ1v) is 4.86. The van der Waals surface area contributed by atoms with Crippen molar-refractivity contribution in [3.63, 3.8) is 0 Å².